The number of anilines is 1. The van der Waals surface area contributed by atoms with Crippen molar-refractivity contribution in [2.75, 3.05) is 42.6 Å². The summed E-state index contributed by atoms with van der Waals surface area (Å²) in [5.74, 6) is 1.12. The molecule has 5 rings (SSSR count). The molecule has 2 aliphatic rings. The van der Waals surface area contributed by atoms with Crippen molar-refractivity contribution in [2.45, 2.75) is 13.1 Å². The maximum atomic E-state index is 11.6. The van der Waals surface area contributed by atoms with Crippen molar-refractivity contribution in [3.05, 3.63) is 47.8 Å². The molecule has 1 saturated heterocycles. The fourth-order valence-corrected chi connectivity index (χ4v) is 5.28. The lowest BCUT2D eigenvalue weighted by Gasteiger charge is -2.34. The molecule has 3 aromatic rings. The topological polar surface area (TPSA) is 80.8 Å². The first-order chi connectivity index (χ1) is 14.0. The maximum Gasteiger partial charge on any atom is 0.227 e. The summed E-state index contributed by atoms with van der Waals surface area (Å²) in [6, 6.07) is 13.9. The van der Waals surface area contributed by atoms with Crippen LogP contribution in [0, 0.1) is 0 Å². The van der Waals surface area contributed by atoms with Crippen LogP contribution in [-0.2, 0) is 9.84 Å². The highest BCUT2D eigenvalue weighted by atomic mass is 32.2. The number of sulfone groups is 1. The minimum atomic E-state index is -2.84. The van der Waals surface area contributed by atoms with Crippen LogP contribution in [0.3, 0.4) is 0 Å². The van der Waals surface area contributed by atoms with E-state index >= 15 is 0 Å². The lowest BCUT2D eigenvalue weighted by atomic mass is 10.1. The van der Waals surface area contributed by atoms with Gasteiger partial charge in [-0.1, -0.05) is 25.1 Å². The summed E-state index contributed by atoms with van der Waals surface area (Å²) in [6.45, 7) is 4.97. The Morgan fingerprint density at radius 3 is 2.72 bits per heavy atom. The molecule has 0 N–H and O–H groups in total. The summed E-state index contributed by atoms with van der Waals surface area (Å²) >= 11 is 0. The summed E-state index contributed by atoms with van der Waals surface area (Å²) in [5.41, 5.74) is 4.58. The van der Waals surface area contributed by atoms with Crippen LogP contribution in [-0.4, -0.2) is 62.2 Å². The predicted molar refractivity (Wildman–Crippen MR) is 114 cm³/mol. The number of para-hydroxylation sites is 2. The first-order valence-corrected chi connectivity index (χ1v) is 11.7. The van der Waals surface area contributed by atoms with Gasteiger partial charge in [0.25, 0.3) is 0 Å². The van der Waals surface area contributed by atoms with Crippen molar-refractivity contribution in [3.63, 3.8) is 0 Å². The number of rotatable bonds is 4. The predicted octanol–water partition coefficient (Wildman–Crippen LogP) is 3.40. The molecular formula is C21H23N4O3S-. The number of nitrogens with zero attached hydrogens (tertiary/aromatic N) is 4. The Hall–Kier alpha value is -2.58. The van der Waals surface area contributed by atoms with Crippen LogP contribution in [0.15, 0.2) is 46.9 Å². The number of benzene rings is 2. The second-order valence-corrected chi connectivity index (χ2v) is 9.94. The number of fused-ring (bicyclic) bond motifs is 2. The average Bonchev–Trinajstić information content (AvgIpc) is 3.27. The van der Waals surface area contributed by atoms with Crippen LogP contribution in [0.25, 0.3) is 27.9 Å². The number of hydrogen-bond donors (Lipinski definition) is 0. The monoisotopic (exact) mass is 411 g/mol. The molecule has 0 saturated carbocycles. The first-order valence-electron chi connectivity index (χ1n) is 9.89. The van der Waals surface area contributed by atoms with Gasteiger partial charge in [-0.3, -0.25) is 4.90 Å². The molecule has 8 heteroatoms. The van der Waals surface area contributed by atoms with Crippen LogP contribution in [0.5, 0.6) is 0 Å². The van der Waals surface area contributed by atoms with E-state index in [0.717, 1.165) is 41.1 Å². The van der Waals surface area contributed by atoms with E-state index in [1.807, 2.05) is 36.4 Å². The van der Waals surface area contributed by atoms with Crippen molar-refractivity contribution >= 4 is 32.3 Å². The fourth-order valence-electron chi connectivity index (χ4n) is 4.00. The van der Waals surface area contributed by atoms with E-state index in [4.69, 9.17) is 9.73 Å². The quantitative estimate of drug-likeness (QED) is 0.655. The molecule has 2 aliphatic heterocycles. The third-order valence-electron chi connectivity index (χ3n) is 5.70. The average molecular weight is 412 g/mol. The molecule has 1 fully saturated rings. The molecule has 1 atom stereocenters. The Kier molecular flexibility index (Phi) is 4.48. The van der Waals surface area contributed by atoms with Crippen molar-refractivity contribution in [1.82, 2.24) is 9.88 Å². The second-order valence-electron chi connectivity index (χ2n) is 7.64. The van der Waals surface area contributed by atoms with E-state index in [0.29, 0.717) is 19.0 Å². The zero-order valence-corrected chi connectivity index (χ0v) is 17.1. The summed E-state index contributed by atoms with van der Waals surface area (Å²) in [4.78, 5) is 9.07. The molecule has 0 aliphatic carbocycles. The third kappa shape index (κ3) is 3.58. The molecule has 1 aromatic heterocycles. The van der Waals surface area contributed by atoms with Crippen LogP contribution in [0.1, 0.15) is 6.92 Å². The number of oxazole rings is 1. The van der Waals surface area contributed by atoms with Gasteiger partial charge in [-0.15, -0.1) is 5.69 Å². The maximum absolute atomic E-state index is 11.6. The zero-order valence-electron chi connectivity index (χ0n) is 16.3. The lowest BCUT2D eigenvalue weighted by molar-refractivity contribution is 0.300. The minimum absolute atomic E-state index is 0.0532. The third-order valence-corrected chi connectivity index (χ3v) is 7.31. The number of hydrogen-bond acceptors (Lipinski definition) is 6. The SMILES string of the molecule is CC1[N-]c2cc(-c3nc4ccccc4o3)ccc2N1CCN1CCS(=O)(=O)CC1. The smallest absolute Gasteiger partial charge is 0.227 e. The van der Waals surface area contributed by atoms with Crippen LogP contribution < -0.4 is 4.90 Å². The van der Waals surface area contributed by atoms with Gasteiger partial charge in [-0.05, 0) is 30.4 Å². The van der Waals surface area contributed by atoms with Crippen molar-refractivity contribution in [2.24, 2.45) is 0 Å². The largest absolute Gasteiger partial charge is 0.664 e. The van der Waals surface area contributed by atoms with Crippen LogP contribution in [0.4, 0.5) is 11.4 Å². The Labute approximate surface area is 170 Å². The van der Waals surface area contributed by atoms with Gasteiger partial charge in [-0.25, -0.2) is 13.4 Å². The molecule has 152 valence electrons. The van der Waals surface area contributed by atoms with Gasteiger partial charge >= 0.3 is 0 Å². The van der Waals surface area contributed by atoms with E-state index < -0.39 is 9.84 Å². The molecule has 3 heterocycles. The van der Waals surface area contributed by atoms with Gasteiger partial charge < -0.3 is 14.6 Å². The Morgan fingerprint density at radius 2 is 1.93 bits per heavy atom. The zero-order chi connectivity index (χ0) is 20.0. The van der Waals surface area contributed by atoms with Crippen LogP contribution in [0.2, 0.25) is 0 Å². The molecule has 0 amide bonds. The fraction of sp³-hybridized carbons (Fsp3) is 0.381. The molecular weight excluding hydrogens is 388 g/mol. The Balaban J connectivity index is 1.32. The number of aromatic nitrogens is 1. The van der Waals surface area contributed by atoms with Crippen molar-refractivity contribution < 1.29 is 12.8 Å². The highest BCUT2D eigenvalue weighted by Gasteiger charge is 2.23. The van der Waals surface area contributed by atoms with E-state index in [1.54, 1.807) is 0 Å². The van der Waals surface area contributed by atoms with Gasteiger partial charge in [-0.2, -0.15) is 0 Å². The van der Waals surface area contributed by atoms with Gasteiger partial charge in [0.15, 0.2) is 15.4 Å². The van der Waals surface area contributed by atoms with Crippen LogP contribution >= 0.6 is 0 Å². The van der Waals surface area contributed by atoms with E-state index in [9.17, 15) is 8.42 Å². The first kappa shape index (κ1) is 18.4. The van der Waals surface area contributed by atoms with E-state index in [2.05, 4.69) is 27.8 Å². The highest BCUT2D eigenvalue weighted by molar-refractivity contribution is 7.91. The second kappa shape index (κ2) is 7.03. The summed E-state index contributed by atoms with van der Waals surface area (Å²) in [6.07, 6.45) is 0.0532. The van der Waals surface area contributed by atoms with E-state index in [-0.39, 0.29) is 17.7 Å². The molecule has 7 nitrogen and oxygen atoms in total. The highest BCUT2D eigenvalue weighted by Crippen LogP contribution is 2.44. The summed E-state index contributed by atoms with van der Waals surface area (Å²) < 4.78 is 29.1. The van der Waals surface area contributed by atoms with Gasteiger partial charge in [0.2, 0.25) is 5.89 Å². The van der Waals surface area contributed by atoms with Gasteiger partial charge in [0.05, 0.1) is 11.5 Å². The van der Waals surface area contributed by atoms with Gasteiger partial charge in [0, 0.05) is 37.4 Å². The summed E-state index contributed by atoms with van der Waals surface area (Å²) in [5, 5.41) is 4.80. The Morgan fingerprint density at radius 1 is 1.14 bits per heavy atom. The van der Waals surface area contributed by atoms with E-state index in [1.165, 1.54) is 0 Å². The summed E-state index contributed by atoms with van der Waals surface area (Å²) in [7, 11) is -2.84. The lowest BCUT2D eigenvalue weighted by Crippen LogP contribution is -2.44. The molecule has 0 spiro atoms. The molecule has 1 unspecified atom stereocenters. The molecule has 0 radical (unpaired) electrons. The minimum Gasteiger partial charge on any atom is -0.664 e. The normalized spacial score (nSPS) is 21.3. The van der Waals surface area contributed by atoms with Crippen molar-refractivity contribution in [3.8, 4) is 11.5 Å². The van der Waals surface area contributed by atoms with Crippen molar-refractivity contribution in [1.29, 1.82) is 0 Å². The molecule has 2 aromatic carbocycles. The Bertz CT molecular complexity index is 1110. The van der Waals surface area contributed by atoms with Gasteiger partial charge in [0.1, 0.15) is 5.52 Å². The standard InChI is InChI=1S/C21H23N4O3S/c1-15-22-18-14-16(21-23-17-4-2-3-5-20(17)28-21)6-7-19(18)25(15)9-8-24-10-12-29(26,27)13-11-24/h2-7,14-15H,8-13H2,1H3/q-1. The molecule has 0 bridgehead atoms. The molecule has 29 heavy (non-hydrogen) atoms.